The summed E-state index contributed by atoms with van der Waals surface area (Å²) in [5, 5.41) is 11.6. The van der Waals surface area contributed by atoms with E-state index in [1.807, 2.05) is 0 Å². The first-order valence-corrected chi connectivity index (χ1v) is 6.10. The van der Waals surface area contributed by atoms with Gasteiger partial charge in [-0.05, 0) is 34.1 Å². The number of carboxylic acid groups (broad SMARTS) is 1. The van der Waals surface area contributed by atoms with E-state index in [-0.39, 0.29) is 12.2 Å². The van der Waals surface area contributed by atoms with E-state index < -0.39 is 17.9 Å². The number of hydrogen-bond acceptors (Lipinski definition) is 3. The average Bonchev–Trinajstić information content (AvgIpc) is 2.31. The number of halogens is 2. The number of carboxylic acids is 1. The van der Waals surface area contributed by atoms with Crippen LogP contribution in [0.2, 0.25) is 5.02 Å². The molecule has 1 amide bonds. The van der Waals surface area contributed by atoms with Gasteiger partial charge in [-0.3, -0.25) is 4.79 Å². The van der Waals surface area contributed by atoms with Gasteiger partial charge in [-0.1, -0.05) is 11.6 Å². The van der Waals surface area contributed by atoms with E-state index in [9.17, 15) is 9.59 Å². The van der Waals surface area contributed by atoms with Crippen LogP contribution in [0.15, 0.2) is 22.7 Å². The minimum atomic E-state index is -1.16. The van der Waals surface area contributed by atoms with E-state index >= 15 is 0 Å². The summed E-state index contributed by atoms with van der Waals surface area (Å²) >= 11 is 9.05. The Hall–Kier alpha value is -1.11. The van der Waals surface area contributed by atoms with Crippen molar-refractivity contribution in [3.8, 4) is 0 Å². The molecule has 0 saturated carbocycles. The topological polar surface area (TPSA) is 75.6 Å². The molecule has 1 atom stereocenters. The van der Waals surface area contributed by atoms with Crippen molar-refractivity contribution >= 4 is 39.4 Å². The molecule has 0 heterocycles. The Labute approximate surface area is 117 Å². The molecule has 1 unspecified atom stereocenters. The van der Waals surface area contributed by atoms with Crippen molar-refractivity contribution in [2.45, 2.75) is 6.04 Å². The van der Waals surface area contributed by atoms with Gasteiger partial charge < -0.3 is 15.2 Å². The third kappa shape index (κ3) is 3.97. The maximum absolute atomic E-state index is 11.8. The molecule has 0 bridgehead atoms. The molecule has 0 fully saturated rings. The highest BCUT2D eigenvalue weighted by Crippen LogP contribution is 2.23. The van der Waals surface area contributed by atoms with Crippen molar-refractivity contribution in [2.24, 2.45) is 0 Å². The van der Waals surface area contributed by atoms with Crippen LogP contribution in [0, 0.1) is 0 Å². The molecule has 7 heteroatoms. The van der Waals surface area contributed by atoms with Gasteiger partial charge >= 0.3 is 5.97 Å². The second-order valence-electron chi connectivity index (χ2n) is 3.45. The first-order chi connectivity index (χ1) is 8.45. The molecule has 0 radical (unpaired) electrons. The molecule has 0 spiro atoms. The summed E-state index contributed by atoms with van der Waals surface area (Å²) in [6, 6.07) is 3.51. The summed E-state index contributed by atoms with van der Waals surface area (Å²) in [5.74, 6) is -1.68. The van der Waals surface area contributed by atoms with Crippen molar-refractivity contribution in [1.82, 2.24) is 5.32 Å². The van der Waals surface area contributed by atoms with Crippen molar-refractivity contribution in [3.63, 3.8) is 0 Å². The second-order valence-corrected chi connectivity index (χ2v) is 4.71. The fraction of sp³-hybridized carbons (Fsp3) is 0.273. The lowest BCUT2D eigenvalue weighted by Crippen LogP contribution is -2.43. The van der Waals surface area contributed by atoms with Crippen LogP contribution in [-0.2, 0) is 9.53 Å². The minimum absolute atomic E-state index is 0.106. The highest BCUT2D eigenvalue weighted by molar-refractivity contribution is 9.10. The Morgan fingerprint density at radius 3 is 2.72 bits per heavy atom. The zero-order chi connectivity index (χ0) is 13.7. The van der Waals surface area contributed by atoms with Crippen molar-refractivity contribution in [1.29, 1.82) is 0 Å². The molecule has 0 aliphatic carbocycles. The number of nitrogens with one attached hydrogen (secondary N) is 1. The Bertz CT molecular complexity index is 466. The summed E-state index contributed by atoms with van der Waals surface area (Å²) in [4.78, 5) is 22.6. The molecule has 18 heavy (non-hydrogen) atoms. The van der Waals surface area contributed by atoms with Gasteiger partial charge in [0.05, 0.1) is 11.6 Å². The lowest BCUT2D eigenvalue weighted by molar-refractivity contribution is -0.140. The quantitative estimate of drug-likeness (QED) is 0.861. The van der Waals surface area contributed by atoms with Crippen LogP contribution >= 0.6 is 27.5 Å². The van der Waals surface area contributed by atoms with Crippen molar-refractivity contribution < 1.29 is 19.4 Å². The summed E-state index contributed by atoms with van der Waals surface area (Å²) < 4.78 is 5.38. The molecular weight excluding hydrogens is 325 g/mol. The van der Waals surface area contributed by atoms with Crippen LogP contribution in [0.4, 0.5) is 0 Å². The Morgan fingerprint density at radius 2 is 2.22 bits per heavy atom. The normalized spacial score (nSPS) is 11.9. The number of aliphatic carboxylic acids is 1. The lowest BCUT2D eigenvalue weighted by atomic mass is 10.2. The molecular formula is C11H11BrClNO4. The van der Waals surface area contributed by atoms with E-state index in [0.29, 0.717) is 9.50 Å². The molecule has 1 aromatic carbocycles. The van der Waals surface area contributed by atoms with Crippen molar-refractivity contribution in [2.75, 3.05) is 13.7 Å². The maximum Gasteiger partial charge on any atom is 0.328 e. The number of methoxy groups -OCH3 is 1. The molecule has 0 aromatic heterocycles. The monoisotopic (exact) mass is 335 g/mol. The standard InChI is InChI=1S/C11H11BrClNO4/c1-18-5-9(11(16)17)14-10(15)6-2-3-7(12)8(13)4-6/h2-4,9H,5H2,1H3,(H,14,15)(H,16,17). The number of ether oxygens (including phenoxy) is 1. The Morgan fingerprint density at radius 1 is 1.56 bits per heavy atom. The van der Waals surface area contributed by atoms with Gasteiger partial charge in [0.15, 0.2) is 6.04 Å². The van der Waals surface area contributed by atoms with Gasteiger partial charge in [-0.25, -0.2) is 4.79 Å². The first kappa shape index (κ1) is 14.9. The fourth-order valence-electron chi connectivity index (χ4n) is 1.22. The lowest BCUT2D eigenvalue weighted by Gasteiger charge is -2.13. The number of carbonyl (C=O) groups excluding carboxylic acids is 1. The van der Waals surface area contributed by atoms with E-state index in [0.717, 1.165) is 0 Å². The first-order valence-electron chi connectivity index (χ1n) is 4.93. The largest absolute Gasteiger partial charge is 0.480 e. The molecule has 2 N–H and O–H groups in total. The van der Waals surface area contributed by atoms with Gasteiger partial charge in [-0.15, -0.1) is 0 Å². The van der Waals surface area contributed by atoms with E-state index in [2.05, 4.69) is 21.2 Å². The van der Waals surface area contributed by atoms with E-state index in [1.54, 1.807) is 6.07 Å². The van der Waals surface area contributed by atoms with Gasteiger partial charge in [0.25, 0.3) is 5.91 Å². The second kappa shape index (κ2) is 6.72. The van der Waals surface area contributed by atoms with Crippen LogP contribution in [0.3, 0.4) is 0 Å². The zero-order valence-corrected chi connectivity index (χ0v) is 11.8. The maximum atomic E-state index is 11.8. The smallest absolute Gasteiger partial charge is 0.328 e. The highest BCUT2D eigenvalue weighted by Gasteiger charge is 2.20. The summed E-state index contributed by atoms with van der Waals surface area (Å²) in [7, 11) is 1.36. The molecule has 0 saturated heterocycles. The molecule has 0 aliphatic heterocycles. The predicted octanol–water partition coefficient (Wildman–Crippen LogP) is 1.93. The fourth-order valence-corrected chi connectivity index (χ4v) is 1.65. The van der Waals surface area contributed by atoms with Gasteiger partial charge in [0.1, 0.15) is 0 Å². The summed E-state index contributed by atoms with van der Waals surface area (Å²) in [6.07, 6.45) is 0. The molecule has 1 rings (SSSR count). The molecule has 5 nitrogen and oxygen atoms in total. The van der Waals surface area contributed by atoms with Crippen molar-refractivity contribution in [3.05, 3.63) is 33.3 Å². The van der Waals surface area contributed by atoms with Gasteiger partial charge in [0.2, 0.25) is 0 Å². The third-order valence-corrected chi connectivity index (χ3v) is 3.35. The van der Waals surface area contributed by atoms with E-state index in [4.69, 9.17) is 21.4 Å². The zero-order valence-electron chi connectivity index (χ0n) is 9.44. The number of rotatable bonds is 5. The van der Waals surface area contributed by atoms with Crippen LogP contribution in [0.1, 0.15) is 10.4 Å². The summed E-state index contributed by atoms with van der Waals surface area (Å²) in [5.41, 5.74) is 0.283. The average molecular weight is 337 g/mol. The van der Waals surface area contributed by atoms with Gasteiger partial charge in [0, 0.05) is 17.1 Å². The SMILES string of the molecule is COCC(NC(=O)c1ccc(Br)c(Cl)c1)C(=O)O. The molecule has 0 aliphatic rings. The highest BCUT2D eigenvalue weighted by atomic mass is 79.9. The number of benzene rings is 1. The molecule has 98 valence electrons. The Kier molecular flexibility index (Phi) is 5.58. The summed E-state index contributed by atoms with van der Waals surface area (Å²) in [6.45, 7) is -0.106. The Balaban J connectivity index is 2.80. The van der Waals surface area contributed by atoms with Crippen LogP contribution < -0.4 is 5.32 Å². The van der Waals surface area contributed by atoms with Crippen LogP contribution in [0.5, 0.6) is 0 Å². The molecule has 1 aromatic rings. The predicted molar refractivity (Wildman–Crippen MR) is 69.9 cm³/mol. The minimum Gasteiger partial charge on any atom is -0.480 e. The number of hydrogen-bond donors (Lipinski definition) is 2. The number of amides is 1. The number of carbonyl (C=O) groups is 2. The van der Waals surface area contributed by atoms with Gasteiger partial charge in [-0.2, -0.15) is 0 Å². The third-order valence-electron chi connectivity index (χ3n) is 2.12. The van der Waals surface area contributed by atoms with Crippen LogP contribution in [0.25, 0.3) is 0 Å². The van der Waals surface area contributed by atoms with E-state index in [1.165, 1.54) is 19.2 Å². The van der Waals surface area contributed by atoms with Crippen LogP contribution in [-0.4, -0.2) is 36.7 Å².